The summed E-state index contributed by atoms with van der Waals surface area (Å²) in [6.07, 6.45) is 3.36. The molecule has 0 bridgehead atoms. The van der Waals surface area contributed by atoms with Gasteiger partial charge >= 0.3 is 6.03 Å². The van der Waals surface area contributed by atoms with Crippen LogP contribution in [0.5, 0.6) is 17.2 Å². The van der Waals surface area contributed by atoms with Crippen LogP contribution in [0.25, 0.3) is 5.65 Å². The lowest BCUT2D eigenvalue weighted by molar-refractivity contribution is 0.252. The van der Waals surface area contributed by atoms with Gasteiger partial charge in [0, 0.05) is 31.3 Å². The van der Waals surface area contributed by atoms with Gasteiger partial charge in [-0.15, -0.1) is 10.2 Å². The minimum absolute atomic E-state index is 0.319. The van der Waals surface area contributed by atoms with E-state index in [2.05, 4.69) is 20.8 Å². The first-order valence-corrected chi connectivity index (χ1v) is 8.79. The molecule has 2 aromatic heterocycles. The number of hydrogen-bond donors (Lipinski definition) is 2. The topological polar surface area (TPSA) is 99.0 Å². The number of carbonyl (C=O) groups is 1. The van der Waals surface area contributed by atoms with E-state index in [1.54, 1.807) is 12.1 Å². The van der Waals surface area contributed by atoms with Gasteiger partial charge in [0.1, 0.15) is 5.82 Å². The summed E-state index contributed by atoms with van der Waals surface area (Å²) in [6.45, 7) is 0.498. The normalized spacial score (nSPS) is 10.5. The minimum Gasteiger partial charge on any atom is -0.493 e. The molecule has 148 valence electrons. The number of methoxy groups -OCH3 is 3. The first-order valence-electron chi connectivity index (χ1n) is 8.79. The van der Waals surface area contributed by atoms with Crippen LogP contribution in [-0.4, -0.2) is 48.5 Å². The largest absolute Gasteiger partial charge is 0.493 e. The van der Waals surface area contributed by atoms with Gasteiger partial charge in [-0.3, -0.25) is 4.40 Å². The molecule has 2 heterocycles. The smallest absolute Gasteiger partial charge is 0.319 e. The molecule has 0 aliphatic heterocycles. The predicted molar refractivity (Wildman–Crippen MR) is 104 cm³/mol. The number of amides is 2. The third-order valence-corrected chi connectivity index (χ3v) is 4.17. The highest BCUT2D eigenvalue weighted by Gasteiger charge is 2.14. The average molecular weight is 385 g/mol. The monoisotopic (exact) mass is 385 g/mol. The molecule has 28 heavy (non-hydrogen) atoms. The van der Waals surface area contributed by atoms with E-state index in [9.17, 15) is 4.79 Å². The molecule has 1 aromatic carbocycles. The molecule has 0 atom stereocenters. The van der Waals surface area contributed by atoms with Gasteiger partial charge in [-0.1, -0.05) is 6.07 Å². The molecule has 0 unspecified atom stereocenters. The molecule has 0 saturated carbocycles. The number of anilines is 1. The molecule has 2 amide bonds. The number of hydrogen-bond acceptors (Lipinski definition) is 6. The second kappa shape index (κ2) is 8.94. The summed E-state index contributed by atoms with van der Waals surface area (Å²) in [5.41, 5.74) is 1.35. The van der Waals surface area contributed by atoms with E-state index in [1.165, 1.54) is 21.3 Å². The number of nitrogens with one attached hydrogen (secondary N) is 2. The number of aromatic nitrogens is 3. The Labute approximate surface area is 162 Å². The van der Waals surface area contributed by atoms with Gasteiger partial charge in [0.15, 0.2) is 17.1 Å². The molecule has 3 aromatic rings. The third kappa shape index (κ3) is 4.25. The number of nitrogens with zero attached hydrogens (tertiary/aromatic N) is 3. The molecule has 0 saturated heterocycles. The number of carbonyl (C=O) groups excluding carboxylic acids is 1. The van der Waals surface area contributed by atoms with E-state index in [-0.39, 0.29) is 6.03 Å². The summed E-state index contributed by atoms with van der Waals surface area (Å²) >= 11 is 0. The summed E-state index contributed by atoms with van der Waals surface area (Å²) < 4.78 is 17.8. The predicted octanol–water partition coefficient (Wildman–Crippen LogP) is 2.51. The lowest BCUT2D eigenvalue weighted by atomic mass is 10.2. The van der Waals surface area contributed by atoms with Gasteiger partial charge in [0.2, 0.25) is 5.75 Å². The van der Waals surface area contributed by atoms with Gasteiger partial charge in [-0.25, -0.2) is 4.79 Å². The quantitative estimate of drug-likeness (QED) is 0.578. The summed E-state index contributed by atoms with van der Waals surface area (Å²) in [4.78, 5) is 12.2. The van der Waals surface area contributed by atoms with E-state index in [0.29, 0.717) is 35.9 Å². The van der Waals surface area contributed by atoms with E-state index in [4.69, 9.17) is 14.2 Å². The van der Waals surface area contributed by atoms with Crippen molar-refractivity contribution < 1.29 is 19.0 Å². The first-order chi connectivity index (χ1) is 13.7. The van der Waals surface area contributed by atoms with Gasteiger partial charge in [0.05, 0.1) is 27.0 Å². The zero-order valence-corrected chi connectivity index (χ0v) is 16.1. The molecular weight excluding hydrogens is 362 g/mol. The minimum atomic E-state index is -0.319. The van der Waals surface area contributed by atoms with Crippen LogP contribution in [0.15, 0.2) is 36.5 Å². The highest BCUT2D eigenvalue weighted by Crippen LogP contribution is 2.39. The Morgan fingerprint density at radius 1 is 1.07 bits per heavy atom. The van der Waals surface area contributed by atoms with Gasteiger partial charge in [-0.05, 0) is 18.6 Å². The lowest BCUT2D eigenvalue weighted by Crippen LogP contribution is -2.29. The number of ether oxygens (including phenoxy) is 3. The Hall–Kier alpha value is -3.49. The first kappa shape index (κ1) is 19.3. The Morgan fingerprint density at radius 3 is 2.50 bits per heavy atom. The van der Waals surface area contributed by atoms with Crippen molar-refractivity contribution in [2.75, 3.05) is 33.2 Å². The lowest BCUT2D eigenvalue weighted by Gasteiger charge is -2.14. The van der Waals surface area contributed by atoms with Gasteiger partial charge < -0.3 is 24.8 Å². The summed E-state index contributed by atoms with van der Waals surface area (Å²) in [5, 5.41) is 13.9. The molecule has 2 N–H and O–H groups in total. The number of urea groups is 1. The summed E-state index contributed by atoms with van der Waals surface area (Å²) in [5.74, 6) is 2.27. The second-order valence-electron chi connectivity index (χ2n) is 5.94. The number of aryl methyl sites for hydroxylation is 1. The standard InChI is InChI=1S/C19H23N5O4/c1-26-14-11-13(12-15(27-2)18(14)28-3)21-19(25)20-9-6-8-17-23-22-16-7-4-5-10-24(16)17/h4-5,7,10-12H,6,8-9H2,1-3H3,(H2,20,21,25). The van der Waals surface area contributed by atoms with E-state index >= 15 is 0 Å². The van der Waals surface area contributed by atoms with Crippen molar-refractivity contribution >= 4 is 17.4 Å². The Balaban J connectivity index is 1.53. The molecule has 9 nitrogen and oxygen atoms in total. The van der Waals surface area contributed by atoms with Crippen LogP contribution in [-0.2, 0) is 6.42 Å². The molecule has 0 spiro atoms. The Morgan fingerprint density at radius 2 is 1.82 bits per heavy atom. The summed E-state index contributed by atoms with van der Waals surface area (Å²) in [7, 11) is 4.57. The number of fused-ring (bicyclic) bond motifs is 1. The van der Waals surface area contributed by atoms with E-state index < -0.39 is 0 Å². The molecular formula is C19H23N5O4. The summed E-state index contributed by atoms with van der Waals surface area (Å²) in [6, 6.07) is 8.78. The van der Waals surface area contributed by atoms with Crippen molar-refractivity contribution in [2.24, 2.45) is 0 Å². The zero-order chi connectivity index (χ0) is 19.9. The van der Waals surface area contributed by atoms with Crippen LogP contribution in [0.2, 0.25) is 0 Å². The molecule has 3 rings (SSSR count). The van der Waals surface area contributed by atoms with Crippen LogP contribution >= 0.6 is 0 Å². The van der Waals surface area contributed by atoms with Crippen molar-refractivity contribution in [3.63, 3.8) is 0 Å². The van der Waals surface area contributed by atoms with E-state index in [0.717, 1.165) is 17.9 Å². The molecule has 0 aliphatic carbocycles. The maximum absolute atomic E-state index is 12.2. The third-order valence-electron chi connectivity index (χ3n) is 4.17. The highest BCUT2D eigenvalue weighted by atomic mass is 16.5. The number of rotatable bonds is 8. The van der Waals surface area contributed by atoms with Crippen molar-refractivity contribution in [1.82, 2.24) is 19.9 Å². The van der Waals surface area contributed by atoms with Crippen molar-refractivity contribution in [3.8, 4) is 17.2 Å². The van der Waals surface area contributed by atoms with Crippen LogP contribution in [0.3, 0.4) is 0 Å². The van der Waals surface area contributed by atoms with Crippen molar-refractivity contribution in [1.29, 1.82) is 0 Å². The SMILES string of the molecule is COc1cc(NC(=O)NCCCc2nnc3ccccn23)cc(OC)c1OC. The number of pyridine rings is 1. The molecule has 0 aliphatic rings. The fourth-order valence-electron chi connectivity index (χ4n) is 2.84. The average Bonchev–Trinajstić information content (AvgIpc) is 3.13. The van der Waals surface area contributed by atoms with Crippen LogP contribution < -0.4 is 24.8 Å². The zero-order valence-electron chi connectivity index (χ0n) is 16.1. The number of benzene rings is 1. The van der Waals surface area contributed by atoms with Crippen molar-refractivity contribution in [2.45, 2.75) is 12.8 Å². The van der Waals surface area contributed by atoms with Gasteiger partial charge in [0.25, 0.3) is 0 Å². The van der Waals surface area contributed by atoms with Crippen molar-refractivity contribution in [3.05, 3.63) is 42.4 Å². The fraction of sp³-hybridized carbons (Fsp3) is 0.316. The second-order valence-corrected chi connectivity index (χ2v) is 5.94. The van der Waals surface area contributed by atoms with Gasteiger partial charge in [-0.2, -0.15) is 0 Å². The molecule has 9 heteroatoms. The maximum Gasteiger partial charge on any atom is 0.319 e. The van der Waals surface area contributed by atoms with Crippen LogP contribution in [0, 0.1) is 0 Å². The Kier molecular flexibility index (Phi) is 6.15. The van der Waals surface area contributed by atoms with E-state index in [1.807, 2.05) is 28.8 Å². The highest BCUT2D eigenvalue weighted by molar-refractivity contribution is 5.90. The molecule has 0 fully saturated rings. The van der Waals surface area contributed by atoms with Crippen LogP contribution in [0.1, 0.15) is 12.2 Å². The fourth-order valence-corrected chi connectivity index (χ4v) is 2.84. The Bertz CT molecular complexity index is 931. The van der Waals surface area contributed by atoms with Crippen LogP contribution in [0.4, 0.5) is 10.5 Å². The molecule has 0 radical (unpaired) electrons. The maximum atomic E-state index is 12.2.